The van der Waals surface area contributed by atoms with Gasteiger partial charge in [0.1, 0.15) is 12.6 Å². The number of carbonyl (C=O) groups excluding carboxylic acids is 2. The van der Waals surface area contributed by atoms with Crippen molar-refractivity contribution in [3.05, 3.63) is 59.7 Å². The molecule has 0 bridgehead atoms. The van der Waals surface area contributed by atoms with Crippen LogP contribution >= 0.6 is 0 Å². The lowest BCUT2D eigenvalue weighted by Gasteiger charge is -2.24. The number of alkyl carbamates (subject to hydrolysis) is 1. The molecule has 3 N–H and O–H groups in total. The molecule has 1 fully saturated rings. The molecule has 0 saturated heterocycles. The van der Waals surface area contributed by atoms with Crippen molar-refractivity contribution in [1.29, 1.82) is 0 Å². The van der Waals surface area contributed by atoms with Gasteiger partial charge in [0.25, 0.3) is 0 Å². The second kappa shape index (κ2) is 10.3. The first-order chi connectivity index (χ1) is 16.3. The van der Waals surface area contributed by atoms with Gasteiger partial charge in [-0.15, -0.1) is 0 Å². The maximum absolute atomic E-state index is 13.0. The average molecular weight is 465 g/mol. The number of hydrogen-bond acceptors (Lipinski definition) is 4. The summed E-state index contributed by atoms with van der Waals surface area (Å²) in [7, 11) is 0. The first-order valence-corrected chi connectivity index (χ1v) is 12.0. The summed E-state index contributed by atoms with van der Waals surface area (Å²) in [6.45, 7) is 4.10. The second-order valence-electron chi connectivity index (χ2n) is 9.64. The smallest absolute Gasteiger partial charge is 0.407 e. The van der Waals surface area contributed by atoms with E-state index in [1.165, 1.54) is 0 Å². The van der Waals surface area contributed by atoms with E-state index in [0.29, 0.717) is 19.3 Å². The van der Waals surface area contributed by atoms with Gasteiger partial charge in [0.2, 0.25) is 5.91 Å². The van der Waals surface area contributed by atoms with Crippen molar-refractivity contribution in [3.63, 3.8) is 0 Å². The molecule has 180 valence electrons. The zero-order valence-electron chi connectivity index (χ0n) is 19.6. The van der Waals surface area contributed by atoms with Gasteiger partial charge < -0.3 is 20.5 Å². The number of amides is 2. The molecule has 2 aromatic rings. The standard InChI is InChI=1S/C27H32N2O5/c1-16(2)14-24(25(30)28-23-13-7-12-21(23)26(31)32)29-27(33)34-15-22-19-10-5-3-8-17(19)18-9-4-6-11-20(18)22/h3-6,8-11,16,21-24H,7,12-15H2,1-2H3,(H,28,30)(H,29,33)(H,31,32)/t21-,23+,24?/m1/s1. The van der Waals surface area contributed by atoms with E-state index in [1.54, 1.807) is 0 Å². The van der Waals surface area contributed by atoms with E-state index in [0.717, 1.165) is 28.7 Å². The topological polar surface area (TPSA) is 105 Å². The Morgan fingerprint density at radius 2 is 1.62 bits per heavy atom. The second-order valence-corrected chi connectivity index (χ2v) is 9.64. The summed E-state index contributed by atoms with van der Waals surface area (Å²) in [5.41, 5.74) is 4.53. The number of carbonyl (C=O) groups is 3. The van der Waals surface area contributed by atoms with Crippen LogP contribution in [0, 0.1) is 11.8 Å². The summed E-state index contributed by atoms with van der Waals surface area (Å²) in [5, 5.41) is 15.0. The van der Waals surface area contributed by atoms with Crippen LogP contribution in [0.5, 0.6) is 0 Å². The number of fused-ring (bicyclic) bond motifs is 3. The summed E-state index contributed by atoms with van der Waals surface area (Å²) in [6, 6.07) is 15.0. The third-order valence-electron chi connectivity index (χ3n) is 6.82. The molecule has 2 aliphatic carbocycles. The molecule has 0 spiro atoms. The Morgan fingerprint density at radius 1 is 1.00 bits per heavy atom. The van der Waals surface area contributed by atoms with Crippen LogP contribution in [0.1, 0.15) is 56.6 Å². The van der Waals surface area contributed by atoms with E-state index >= 15 is 0 Å². The average Bonchev–Trinajstić information content (AvgIpc) is 3.39. The van der Waals surface area contributed by atoms with E-state index in [1.807, 2.05) is 38.1 Å². The summed E-state index contributed by atoms with van der Waals surface area (Å²) >= 11 is 0. The number of carboxylic acid groups (broad SMARTS) is 1. The molecule has 0 radical (unpaired) electrons. The lowest BCUT2D eigenvalue weighted by molar-refractivity contribution is -0.142. The predicted octanol–water partition coefficient (Wildman–Crippen LogP) is 4.31. The third kappa shape index (κ3) is 5.08. The molecule has 7 nitrogen and oxygen atoms in total. The Bertz CT molecular complexity index is 1020. The van der Waals surface area contributed by atoms with Crippen molar-refractivity contribution >= 4 is 18.0 Å². The molecule has 3 atom stereocenters. The molecule has 0 heterocycles. The highest BCUT2D eigenvalue weighted by atomic mass is 16.5. The minimum atomic E-state index is -0.896. The number of benzene rings is 2. The number of ether oxygens (including phenoxy) is 1. The maximum Gasteiger partial charge on any atom is 0.407 e. The number of nitrogens with one attached hydrogen (secondary N) is 2. The summed E-state index contributed by atoms with van der Waals surface area (Å²) < 4.78 is 5.61. The fraction of sp³-hybridized carbons (Fsp3) is 0.444. The van der Waals surface area contributed by atoms with Gasteiger partial charge >= 0.3 is 12.1 Å². The first-order valence-electron chi connectivity index (χ1n) is 12.0. The van der Waals surface area contributed by atoms with E-state index < -0.39 is 30.1 Å². The normalized spacial score (nSPS) is 19.9. The zero-order valence-corrected chi connectivity index (χ0v) is 19.6. The van der Waals surface area contributed by atoms with Gasteiger partial charge in [0.15, 0.2) is 0 Å². The summed E-state index contributed by atoms with van der Waals surface area (Å²) in [6.07, 6.45) is 1.72. The molecule has 0 aliphatic heterocycles. The highest BCUT2D eigenvalue weighted by Gasteiger charge is 2.36. The molecular weight excluding hydrogens is 432 g/mol. The van der Waals surface area contributed by atoms with Crippen LogP contribution < -0.4 is 10.6 Å². The maximum atomic E-state index is 13.0. The molecule has 4 rings (SSSR count). The number of aliphatic carboxylic acids is 1. The van der Waals surface area contributed by atoms with Gasteiger partial charge in [-0.25, -0.2) is 4.79 Å². The van der Waals surface area contributed by atoms with E-state index in [2.05, 4.69) is 34.9 Å². The molecule has 2 aromatic carbocycles. The Morgan fingerprint density at radius 3 is 2.21 bits per heavy atom. The number of hydrogen-bond donors (Lipinski definition) is 3. The Kier molecular flexibility index (Phi) is 7.20. The van der Waals surface area contributed by atoms with Gasteiger partial charge in [0.05, 0.1) is 5.92 Å². The van der Waals surface area contributed by atoms with Crippen molar-refractivity contribution in [2.24, 2.45) is 11.8 Å². The summed E-state index contributed by atoms with van der Waals surface area (Å²) in [5.74, 6) is -1.75. The molecule has 34 heavy (non-hydrogen) atoms. The minimum Gasteiger partial charge on any atom is -0.481 e. The van der Waals surface area contributed by atoms with Gasteiger partial charge in [-0.1, -0.05) is 68.8 Å². The van der Waals surface area contributed by atoms with Gasteiger partial charge in [-0.2, -0.15) is 0 Å². The van der Waals surface area contributed by atoms with Crippen LogP contribution in [0.3, 0.4) is 0 Å². The highest BCUT2D eigenvalue weighted by molar-refractivity contribution is 5.86. The highest BCUT2D eigenvalue weighted by Crippen LogP contribution is 2.44. The van der Waals surface area contributed by atoms with Crippen molar-refractivity contribution in [1.82, 2.24) is 10.6 Å². The largest absolute Gasteiger partial charge is 0.481 e. The van der Waals surface area contributed by atoms with Crippen LogP contribution in [0.15, 0.2) is 48.5 Å². The van der Waals surface area contributed by atoms with E-state index in [4.69, 9.17) is 4.74 Å². The van der Waals surface area contributed by atoms with Crippen molar-refractivity contribution in [3.8, 4) is 11.1 Å². The van der Waals surface area contributed by atoms with Crippen molar-refractivity contribution < 1.29 is 24.2 Å². The lowest BCUT2D eigenvalue weighted by Crippen LogP contribution is -2.51. The minimum absolute atomic E-state index is 0.0645. The summed E-state index contributed by atoms with van der Waals surface area (Å²) in [4.78, 5) is 37.1. The molecule has 1 unspecified atom stereocenters. The predicted molar refractivity (Wildman–Crippen MR) is 128 cm³/mol. The number of carboxylic acids is 1. The number of rotatable bonds is 8. The van der Waals surface area contributed by atoms with Crippen LogP contribution in [0.25, 0.3) is 11.1 Å². The Labute approximate surface area is 199 Å². The quantitative estimate of drug-likeness (QED) is 0.540. The molecule has 1 saturated carbocycles. The van der Waals surface area contributed by atoms with Gasteiger partial charge in [-0.05, 0) is 47.4 Å². The fourth-order valence-electron chi connectivity index (χ4n) is 5.20. The van der Waals surface area contributed by atoms with Crippen LogP contribution in [0.4, 0.5) is 4.79 Å². The molecule has 2 amide bonds. The first kappa shape index (κ1) is 23.8. The van der Waals surface area contributed by atoms with E-state index in [9.17, 15) is 19.5 Å². The van der Waals surface area contributed by atoms with E-state index in [-0.39, 0.29) is 24.3 Å². The third-order valence-corrected chi connectivity index (χ3v) is 6.82. The molecular formula is C27H32N2O5. The Balaban J connectivity index is 1.40. The van der Waals surface area contributed by atoms with Crippen molar-refractivity contribution in [2.75, 3.05) is 6.61 Å². The van der Waals surface area contributed by atoms with Crippen LogP contribution in [-0.2, 0) is 14.3 Å². The molecule has 0 aromatic heterocycles. The van der Waals surface area contributed by atoms with Crippen LogP contribution in [0.2, 0.25) is 0 Å². The Hall–Kier alpha value is -3.35. The molecule has 2 aliphatic rings. The van der Waals surface area contributed by atoms with Gasteiger partial charge in [-0.3, -0.25) is 9.59 Å². The van der Waals surface area contributed by atoms with Crippen LogP contribution in [-0.4, -0.2) is 41.8 Å². The SMILES string of the molecule is CC(C)CC(NC(=O)OCC1c2ccccc2-c2ccccc21)C(=O)N[C@H]1CCC[C@H]1C(=O)O. The fourth-order valence-corrected chi connectivity index (χ4v) is 5.20. The monoisotopic (exact) mass is 464 g/mol. The lowest BCUT2D eigenvalue weighted by atomic mass is 9.98. The molecule has 7 heteroatoms. The zero-order chi connectivity index (χ0) is 24.2. The van der Waals surface area contributed by atoms with Gasteiger partial charge in [0, 0.05) is 12.0 Å². The van der Waals surface area contributed by atoms with Crippen molar-refractivity contribution in [2.45, 2.75) is 57.5 Å².